The van der Waals surface area contributed by atoms with Gasteiger partial charge in [-0.1, -0.05) is 6.07 Å². The van der Waals surface area contributed by atoms with Crippen LogP contribution in [0.1, 0.15) is 42.0 Å². The molecule has 3 rings (SSSR count). The lowest BCUT2D eigenvalue weighted by Gasteiger charge is -2.35. The Morgan fingerprint density at radius 3 is 2.78 bits per heavy atom. The molecule has 144 valence electrons. The number of rotatable bonds is 3. The van der Waals surface area contributed by atoms with E-state index in [0.29, 0.717) is 12.6 Å². The number of pyridine rings is 1. The lowest BCUT2D eigenvalue weighted by Crippen LogP contribution is -2.44. The largest absolute Gasteiger partial charge is 0.416 e. The van der Waals surface area contributed by atoms with Crippen molar-refractivity contribution in [3.63, 3.8) is 0 Å². The topological polar surface area (TPSA) is 45.2 Å². The van der Waals surface area contributed by atoms with Gasteiger partial charge in [0.25, 0.3) is 0 Å². The molecule has 2 amide bonds. The predicted octanol–water partition coefficient (Wildman–Crippen LogP) is 4.68. The Kier molecular flexibility index (Phi) is 5.62. The van der Waals surface area contributed by atoms with Crippen LogP contribution < -0.4 is 5.32 Å². The summed E-state index contributed by atoms with van der Waals surface area (Å²) in [5.74, 6) is -0.786. The molecule has 1 atom stereocenters. The summed E-state index contributed by atoms with van der Waals surface area (Å²) in [5, 5.41) is 2.55. The second kappa shape index (κ2) is 7.94. The molecule has 0 spiro atoms. The molecule has 1 saturated heterocycles. The smallest absolute Gasteiger partial charge is 0.334 e. The molecule has 0 bridgehead atoms. The molecule has 1 aromatic carbocycles. The van der Waals surface area contributed by atoms with Crippen molar-refractivity contribution in [2.75, 3.05) is 6.54 Å². The Morgan fingerprint density at radius 2 is 2.07 bits per heavy atom. The summed E-state index contributed by atoms with van der Waals surface area (Å²) in [6, 6.07) is 5.27. The monoisotopic (exact) mass is 381 g/mol. The third-order valence-corrected chi connectivity index (χ3v) is 4.64. The van der Waals surface area contributed by atoms with E-state index in [-0.39, 0.29) is 18.2 Å². The number of hydrogen-bond acceptors (Lipinski definition) is 2. The Labute approximate surface area is 154 Å². The summed E-state index contributed by atoms with van der Waals surface area (Å²) in [7, 11) is 0. The standard InChI is InChI=1S/C19H19F4N3O/c20-16-7-6-15(19(21,22)23)10-14(16)12-25-18(27)26-9-2-1-5-17(26)13-4-3-8-24-11-13/h3-4,6-8,10-11,17H,1-2,5,9,12H2,(H,25,27)/t17-/m0/s1. The molecule has 0 saturated carbocycles. The zero-order valence-corrected chi connectivity index (χ0v) is 14.5. The molecule has 1 aliphatic heterocycles. The molecular formula is C19H19F4N3O. The van der Waals surface area contributed by atoms with Gasteiger partial charge in [0.1, 0.15) is 5.82 Å². The zero-order chi connectivity index (χ0) is 19.4. The number of urea groups is 1. The fraction of sp³-hybridized carbons (Fsp3) is 0.368. The minimum absolute atomic E-state index is 0.154. The van der Waals surface area contributed by atoms with E-state index < -0.39 is 23.6 Å². The first kappa shape index (κ1) is 19.1. The van der Waals surface area contributed by atoms with Crippen LogP contribution in [0.5, 0.6) is 0 Å². The van der Waals surface area contributed by atoms with E-state index in [1.807, 2.05) is 6.07 Å². The highest BCUT2D eigenvalue weighted by Crippen LogP contribution is 2.31. The van der Waals surface area contributed by atoms with Gasteiger partial charge in [-0.2, -0.15) is 13.2 Å². The number of benzene rings is 1. The van der Waals surface area contributed by atoms with Crippen molar-refractivity contribution in [1.82, 2.24) is 15.2 Å². The molecule has 1 aliphatic rings. The van der Waals surface area contributed by atoms with Crippen LogP contribution in [0.25, 0.3) is 0 Å². The highest BCUT2D eigenvalue weighted by molar-refractivity contribution is 5.75. The van der Waals surface area contributed by atoms with Crippen LogP contribution >= 0.6 is 0 Å². The summed E-state index contributed by atoms with van der Waals surface area (Å²) in [4.78, 5) is 18.3. The zero-order valence-electron chi connectivity index (χ0n) is 14.5. The SMILES string of the molecule is O=C(NCc1cc(C(F)(F)F)ccc1F)N1CCCC[C@H]1c1cccnc1. The third kappa shape index (κ3) is 4.56. The number of piperidine rings is 1. The van der Waals surface area contributed by atoms with E-state index in [2.05, 4.69) is 10.3 Å². The van der Waals surface area contributed by atoms with Crippen molar-refractivity contribution in [2.45, 2.75) is 38.0 Å². The number of alkyl halides is 3. The van der Waals surface area contributed by atoms with Crippen LogP contribution in [0.2, 0.25) is 0 Å². The molecule has 1 N–H and O–H groups in total. The maximum Gasteiger partial charge on any atom is 0.416 e. The number of hydrogen-bond donors (Lipinski definition) is 1. The van der Waals surface area contributed by atoms with Crippen LogP contribution in [0, 0.1) is 5.82 Å². The van der Waals surface area contributed by atoms with E-state index in [0.717, 1.165) is 37.0 Å². The Hall–Kier alpha value is -2.64. The first-order valence-corrected chi connectivity index (χ1v) is 8.66. The third-order valence-electron chi connectivity index (χ3n) is 4.64. The Bertz CT molecular complexity index is 795. The van der Waals surface area contributed by atoms with Crippen molar-refractivity contribution < 1.29 is 22.4 Å². The van der Waals surface area contributed by atoms with Gasteiger partial charge in [-0.15, -0.1) is 0 Å². The number of halogens is 4. The molecule has 2 heterocycles. The molecule has 27 heavy (non-hydrogen) atoms. The van der Waals surface area contributed by atoms with Gasteiger partial charge >= 0.3 is 12.2 Å². The summed E-state index contributed by atoms with van der Waals surface area (Å²) >= 11 is 0. The van der Waals surface area contributed by atoms with E-state index in [1.54, 1.807) is 23.4 Å². The van der Waals surface area contributed by atoms with Crippen molar-refractivity contribution in [3.8, 4) is 0 Å². The second-order valence-electron chi connectivity index (χ2n) is 6.45. The van der Waals surface area contributed by atoms with E-state index in [4.69, 9.17) is 0 Å². The normalized spacial score (nSPS) is 17.6. The summed E-state index contributed by atoms with van der Waals surface area (Å²) in [6.07, 6.45) is 1.35. The average Bonchev–Trinajstić information content (AvgIpc) is 2.67. The van der Waals surface area contributed by atoms with E-state index in [1.165, 1.54) is 0 Å². The van der Waals surface area contributed by atoms with Crippen molar-refractivity contribution in [3.05, 3.63) is 65.2 Å². The number of amides is 2. The number of nitrogens with one attached hydrogen (secondary N) is 1. The number of aromatic nitrogens is 1. The van der Waals surface area contributed by atoms with Crippen LogP contribution in [0.3, 0.4) is 0 Å². The summed E-state index contributed by atoms with van der Waals surface area (Å²) in [6.45, 7) is 0.210. The van der Waals surface area contributed by atoms with Gasteiger partial charge in [0.15, 0.2) is 0 Å². The van der Waals surface area contributed by atoms with Crippen LogP contribution in [0.4, 0.5) is 22.4 Å². The van der Waals surface area contributed by atoms with Crippen molar-refractivity contribution >= 4 is 6.03 Å². The lowest BCUT2D eigenvalue weighted by molar-refractivity contribution is -0.137. The average molecular weight is 381 g/mol. The molecule has 4 nitrogen and oxygen atoms in total. The van der Waals surface area contributed by atoms with Crippen LogP contribution in [-0.4, -0.2) is 22.5 Å². The van der Waals surface area contributed by atoms with Gasteiger partial charge in [-0.25, -0.2) is 9.18 Å². The lowest BCUT2D eigenvalue weighted by atomic mass is 9.97. The maximum atomic E-state index is 13.9. The molecular weight excluding hydrogens is 362 g/mol. The number of nitrogens with zero attached hydrogens (tertiary/aromatic N) is 2. The van der Waals surface area contributed by atoms with Gasteiger partial charge in [-0.3, -0.25) is 4.98 Å². The van der Waals surface area contributed by atoms with Crippen molar-refractivity contribution in [2.24, 2.45) is 0 Å². The van der Waals surface area contributed by atoms with Gasteiger partial charge in [0, 0.05) is 31.0 Å². The highest BCUT2D eigenvalue weighted by atomic mass is 19.4. The molecule has 1 aromatic heterocycles. The predicted molar refractivity (Wildman–Crippen MR) is 91.2 cm³/mol. The summed E-state index contributed by atoms with van der Waals surface area (Å²) < 4.78 is 52.3. The molecule has 2 aromatic rings. The van der Waals surface area contributed by atoms with Crippen molar-refractivity contribution in [1.29, 1.82) is 0 Å². The Morgan fingerprint density at radius 1 is 1.26 bits per heavy atom. The first-order chi connectivity index (χ1) is 12.9. The van der Waals surface area contributed by atoms with E-state index in [9.17, 15) is 22.4 Å². The minimum Gasteiger partial charge on any atom is -0.334 e. The Balaban J connectivity index is 1.71. The fourth-order valence-corrected chi connectivity index (χ4v) is 3.25. The minimum atomic E-state index is -4.56. The maximum absolute atomic E-state index is 13.9. The molecule has 8 heteroatoms. The van der Waals surface area contributed by atoms with Crippen LogP contribution in [-0.2, 0) is 12.7 Å². The molecule has 1 fully saturated rings. The molecule has 0 unspecified atom stereocenters. The van der Waals surface area contributed by atoms with Crippen LogP contribution in [0.15, 0.2) is 42.7 Å². The first-order valence-electron chi connectivity index (χ1n) is 8.66. The van der Waals surface area contributed by atoms with Gasteiger partial charge < -0.3 is 10.2 Å². The van der Waals surface area contributed by atoms with Gasteiger partial charge in [-0.05, 0) is 49.1 Å². The van der Waals surface area contributed by atoms with Gasteiger partial charge in [0.05, 0.1) is 11.6 Å². The summed E-state index contributed by atoms with van der Waals surface area (Å²) in [5.41, 5.74) is -0.245. The second-order valence-corrected chi connectivity index (χ2v) is 6.45. The highest BCUT2D eigenvalue weighted by Gasteiger charge is 2.31. The van der Waals surface area contributed by atoms with E-state index >= 15 is 0 Å². The number of likely N-dealkylation sites (tertiary alicyclic amines) is 1. The molecule has 0 aliphatic carbocycles. The number of carbonyl (C=O) groups excluding carboxylic acids is 1. The fourth-order valence-electron chi connectivity index (χ4n) is 3.25. The van der Waals surface area contributed by atoms with Gasteiger partial charge in [0.2, 0.25) is 0 Å². The molecule has 0 radical (unpaired) electrons. The number of carbonyl (C=O) groups is 1. The quantitative estimate of drug-likeness (QED) is 0.785.